The molecule has 0 bridgehead atoms. The van der Waals surface area contributed by atoms with Crippen LogP contribution in [0.2, 0.25) is 0 Å². The van der Waals surface area contributed by atoms with E-state index in [0.717, 1.165) is 4.90 Å². The fraction of sp³-hybridized carbons (Fsp3) is 0.762. The van der Waals surface area contributed by atoms with Crippen molar-refractivity contribution in [2.24, 2.45) is 4.99 Å². The van der Waals surface area contributed by atoms with Crippen LogP contribution in [0.25, 0.3) is 0 Å². The Hall–Kier alpha value is -3.05. The van der Waals surface area contributed by atoms with Gasteiger partial charge in [-0.15, -0.1) is 0 Å². The van der Waals surface area contributed by atoms with E-state index in [9.17, 15) is 24.3 Å². The van der Waals surface area contributed by atoms with Crippen molar-refractivity contribution in [1.29, 1.82) is 0 Å². The second-order valence-electron chi connectivity index (χ2n) is 10.6. The largest absolute Gasteiger partial charge is 0.465 e. The molecule has 2 atom stereocenters. The Labute approximate surface area is 194 Å². The highest BCUT2D eigenvalue weighted by atomic mass is 16.6. The summed E-state index contributed by atoms with van der Waals surface area (Å²) in [4.78, 5) is 53.9. The van der Waals surface area contributed by atoms with Crippen molar-refractivity contribution in [2.75, 3.05) is 6.54 Å². The Kier molecular flexibility index (Phi) is 8.70. The lowest BCUT2D eigenvalue weighted by Gasteiger charge is -2.29. The number of esters is 1. The maximum Gasteiger partial charge on any atom is 0.414 e. The number of carboxylic acid groups (broad SMARTS) is 1. The number of amides is 3. The van der Waals surface area contributed by atoms with Gasteiger partial charge in [-0.2, -0.15) is 0 Å². The predicted molar refractivity (Wildman–Crippen MR) is 119 cm³/mol. The van der Waals surface area contributed by atoms with Crippen molar-refractivity contribution in [1.82, 2.24) is 15.5 Å². The van der Waals surface area contributed by atoms with Gasteiger partial charge in [0.05, 0.1) is 12.6 Å². The van der Waals surface area contributed by atoms with E-state index in [0.29, 0.717) is 0 Å². The predicted octanol–water partition coefficient (Wildman–Crippen LogP) is 2.85. The maximum absolute atomic E-state index is 12.8. The van der Waals surface area contributed by atoms with Crippen LogP contribution in [-0.4, -0.2) is 75.6 Å². The topological polar surface area (TPSA) is 156 Å². The molecule has 0 radical (unpaired) electrons. The minimum absolute atomic E-state index is 0.0489. The summed E-state index contributed by atoms with van der Waals surface area (Å²) in [7, 11) is 0. The summed E-state index contributed by atoms with van der Waals surface area (Å²) in [5.74, 6) is -0.991. The third kappa shape index (κ3) is 10.4. The van der Waals surface area contributed by atoms with Crippen LogP contribution in [0.5, 0.6) is 0 Å². The summed E-state index contributed by atoms with van der Waals surface area (Å²) in [6, 6.07) is -2.08. The number of alkyl carbamates (subject to hydrolysis) is 2. The van der Waals surface area contributed by atoms with Crippen LogP contribution >= 0.6 is 0 Å². The first kappa shape index (κ1) is 28.0. The number of aliphatic imine (C=N–C) groups is 1. The monoisotopic (exact) mass is 472 g/mol. The number of nitrogens with one attached hydrogen (secondary N) is 2. The van der Waals surface area contributed by atoms with Gasteiger partial charge in [-0.25, -0.2) is 24.1 Å². The number of hydrogen-bond donors (Lipinski definition) is 3. The summed E-state index contributed by atoms with van der Waals surface area (Å²) in [5.41, 5.74) is -2.44. The van der Waals surface area contributed by atoms with Crippen molar-refractivity contribution < 1.29 is 38.5 Å². The van der Waals surface area contributed by atoms with E-state index in [1.54, 1.807) is 62.3 Å². The molecule has 188 valence electrons. The smallest absolute Gasteiger partial charge is 0.414 e. The normalized spacial score (nSPS) is 17.5. The molecule has 0 spiro atoms. The molecule has 1 aliphatic heterocycles. The van der Waals surface area contributed by atoms with Crippen molar-refractivity contribution >= 4 is 30.2 Å². The lowest BCUT2D eigenvalue weighted by atomic mass is 10.1. The SMILES string of the molecule is CC(C)(C)OC(=O)NC1=NC[C@H](C[C@H](NC(=O)OC(C)(C)C)C(=O)OC(C)(C)C)N1C(=O)O. The number of rotatable bonds is 4. The van der Waals surface area contributed by atoms with Crippen LogP contribution in [0.1, 0.15) is 68.7 Å². The van der Waals surface area contributed by atoms with Crippen LogP contribution < -0.4 is 10.6 Å². The summed E-state index contributed by atoms with van der Waals surface area (Å²) in [6.45, 7) is 14.9. The molecule has 0 aromatic carbocycles. The third-order valence-corrected chi connectivity index (χ3v) is 3.75. The molecule has 0 fully saturated rings. The lowest BCUT2D eigenvalue weighted by molar-refractivity contribution is -0.158. The van der Waals surface area contributed by atoms with Gasteiger partial charge in [-0.05, 0) is 62.3 Å². The zero-order chi connectivity index (χ0) is 25.8. The van der Waals surface area contributed by atoms with Gasteiger partial charge in [0.25, 0.3) is 0 Å². The lowest BCUT2D eigenvalue weighted by Crippen LogP contribution is -2.53. The first-order chi connectivity index (χ1) is 14.8. The van der Waals surface area contributed by atoms with E-state index in [2.05, 4.69) is 15.6 Å². The Bertz CT molecular complexity index is 790. The van der Waals surface area contributed by atoms with Crippen LogP contribution in [0.4, 0.5) is 14.4 Å². The summed E-state index contributed by atoms with van der Waals surface area (Å²) < 4.78 is 15.7. The van der Waals surface area contributed by atoms with Gasteiger partial charge >= 0.3 is 24.2 Å². The Morgan fingerprint density at radius 3 is 1.88 bits per heavy atom. The first-order valence-corrected chi connectivity index (χ1v) is 10.6. The number of ether oxygens (including phenoxy) is 3. The molecule has 1 heterocycles. The van der Waals surface area contributed by atoms with Gasteiger partial charge in [0.2, 0.25) is 5.96 Å². The number of carbonyl (C=O) groups excluding carboxylic acids is 3. The Morgan fingerprint density at radius 2 is 1.42 bits per heavy atom. The van der Waals surface area contributed by atoms with Gasteiger partial charge in [-0.1, -0.05) is 0 Å². The van der Waals surface area contributed by atoms with E-state index in [1.807, 2.05) is 0 Å². The average Bonchev–Trinajstić information content (AvgIpc) is 2.91. The first-order valence-electron chi connectivity index (χ1n) is 10.6. The van der Waals surface area contributed by atoms with Crippen LogP contribution in [-0.2, 0) is 19.0 Å². The standard InChI is InChI=1S/C21H36N4O8/c1-19(2,3)31-14(26)13(23-16(27)32-20(4,5)6)10-12-11-22-15(25(12)18(29)30)24-17(28)33-21(7,8)9/h12-13H,10-11H2,1-9H3,(H,23,27)(H,29,30)(H,22,24,28)/t12-,13-/m0/s1. The van der Waals surface area contributed by atoms with E-state index in [-0.39, 0.29) is 18.9 Å². The average molecular weight is 473 g/mol. The van der Waals surface area contributed by atoms with Gasteiger partial charge < -0.3 is 24.6 Å². The molecule has 1 rings (SSSR count). The molecule has 0 unspecified atom stereocenters. The molecule has 0 aromatic rings. The number of carbonyl (C=O) groups is 4. The molecule has 33 heavy (non-hydrogen) atoms. The molecule has 1 aliphatic rings. The van der Waals surface area contributed by atoms with Gasteiger partial charge in [0.1, 0.15) is 22.8 Å². The van der Waals surface area contributed by atoms with E-state index >= 15 is 0 Å². The highest BCUT2D eigenvalue weighted by Gasteiger charge is 2.39. The Balaban J connectivity index is 3.02. The van der Waals surface area contributed by atoms with E-state index in [1.165, 1.54) is 0 Å². The fourth-order valence-electron chi connectivity index (χ4n) is 2.75. The molecule has 0 aromatic heterocycles. The maximum atomic E-state index is 12.8. The molecular weight excluding hydrogens is 436 g/mol. The van der Waals surface area contributed by atoms with E-state index in [4.69, 9.17) is 14.2 Å². The van der Waals surface area contributed by atoms with Gasteiger partial charge in [0.15, 0.2) is 0 Å². The molecule has 0 aliphatic carbocycles. The number of guanidine groups is 1. The van der Waals surface area contributed by atoms with Crippen LogP contribution in [0.3, 0.4) is 0 Å². The fourth-order valence-corrected chi connectivity index (χ4v) is 2.75. The second kappa shape index (κ2) is 10.3. The molecule has 12 nitrogen and oxygen atoms in total. The van der Waals surface area contributed by atoms with Gasteiger partial charge in [0, 0.05) is 6.42 Å². The van der Waals surface area contributed by atoms with Crippen molar-refractivity contribution in [3.05, 3.63) is 0 Å². The van der Waals surface area contributed by atoms with Crippen molar-refractivity contribution in [3.63, 3.8) is 0 Å². The van der Waals surface area contributed by atoms with Crippen LogP contribution in [0, 0.1) is 0 Å². The van der Waals surface area contributed by atoms with E-state index < -0.39 is 53.1 Å². The highest BCUT2D eigenvalue weighted by Crippen LogP contribution is 2.19. The molecule has 12 heteroatoms. The molecule has 0 saturated heterocycles. The molecule has 3 N–H and O–H groups in total. The summed E-state index contributed by atoms with van der Waals surface area (Å²) >= 11 is 0. The number of nitrogens with zero attached hydrogens (tertiary/aromatic N) is 2. The summed E-state index contributed by atoms with van der Waals surface area (Å²) in [6.07, 6.45) is -3.29. The van der Waals surface area contributed by atoms with Gasteiger partial charge in [-0.3, -0.25) is 10.3 Å². The van der Waals surface area contributed by atoms with Crippen molar-refractivity contribution in [2.45, 2.75) is 97.6 Å². The van der Waals surface area contributed by atoms with Crippen molar-refractivity contribution in [3.8, 4) is 0 Å². The third-order valence-electron chi connectivity index (χ3n) is 3.75. The molecular formula is C21H36N4O8. The van der Waals surface area contributed by atoms with Crippen LogP contribution in [0.15, 0.2) is 4.99 Å². The summed E-state index contributed by atoms with van der Waals surface area (Å²) in [5, 5.41) is 14.5. The zero-order valence-corrected chi connectivity index (χ0v) is 20.8. The minimum atomic E-state index is -1.40. The highest BCUT2D eigenvalue weighted by molar-refractivity contribution is 6.02. The quantitative estimate of drug-likeness (QED) is 0.416. The molecule has 0 saturated carbocycles. The Morgan fingerprint density at radius 1 is 0.939 bits per heavy atom. The number of hydrogen-bond acceptors (Lipinski definition) is 8. The minimum Gasteiger partial charge on any atom is -0.465 e. The molecule has 3 amide bonds. The zero-order valence-electron chi connectivity index (χ0n) is 20.8. The second-order valence-corrected chi connectivity index (χ2v) is 10.6.